The molecule has 2 heterocycles. The number of furan rings is 1. The van der Waals surface area contributed by atoms with Crippen molar-refractivity contribution in [3.63, 3.8) is 0 Å². The van der Waals surface area contributed by atoms with Crippen molar-refractivity contribution < 1.29 is 13.9 Å². The summed E-state index contributed by atoms with van der Waals surface area (Å²) in [6, 6.07) is 9.38. The molecule has 19 heavy (non-hydrogen) atoms. The lowest BCUT2D eigenvalue weighted by Crippen LogP contribution is -2.48. The van der Waals surface area contributed by atoms with Gasteiger partial charge in [-0.15, -0.1) is 0 Å². The van der Waals surface area contributed by atoms with Crippen LogP contribution in [0.4, 0.5) is 0 Å². The zero-order chi connectivity index (χ0) is 13.2. The Hall–Kier alpha value is -1.85. The van der Waals surface area contributed by atoms with Crippen LogP contribution in [0.15, 0.2) is 34.7 Å². The predicted molar refractivity (Wildman–Crippen MR) is 70.9 cm³/mol. The van der Waals surface area contributed by atoms with Crippen molar-refractivity contribution in [1.82, 2.24) is 4.90 Å². The number of para-hydroxylation sites is 1. The number of benzene rings is 1. The third kappa shape index (κ3) is 2.34. The Morgan fingerprint density at radius 3 is 3.05 bits per heavy atom. The van der Waals surface area contributed by atoms with E-state index >= 15 is 0 Å². The molecule has 1 aromatic heterocycles. The Balaban J connectivity index is 1.82. The standard InChI is InChI=1S/C14H16N2O3/c15-8-11-9-16(5-6-18-11)14(17)13-7-10-3-1-2-4-12(10)19-13/h1-4,7,11H,5-6,8-9,15H2/t11-/m1/s1. The van der Waals surface area contributed by atoms with Crippen LogP contribution in [0.2, 0.25) is 0 Å². The van der Waals surface area contributed by atoms with E-state index in [2.05, 4.69) is 0 Å². The van der Waals surface area contributed by atoms with Crippen LogP contribution < -0.4 is 5.73 Å². The zero-order valence-corrected chi connectivity index (χ0v) is 10.5. The molecule has 1 fully saturated rings. The van der Waals surface area contributed by atoms with Crippen molar-refractivity contribution in [2.75, 3.05) is 26.2 Å². The number of nitrogens with zero attached hydrogens (tertiary/aromatic N) is 1. The first-order valence-electron chi connectivity index (χ1n) is 6.37. The van der Waals surface area contributed by atoms with E-state index < -0.39 is 0 Å². The predicted octanol–water partition coefficient (Wildman–Crippen LogP) is 1.23. The first-order chi connectivity index (χ1) is 9.28. The summed E-state index contributed by atoms with van der Waals surface area (Å²) in [4.78, 5) is 14.1. The largest absolute Gasteiger partial charge is 0.451 e. The molecule has 5 nitrogen and oxygen atoms in total. The lowest BCUT2D eigenvalue weighted by atomic mass is 10.2. The second-order valence-electron chi connectivity index (χ2n) is 4.63. The maximum absolute atomic E-state index is 12.4. The van der Waals surface area contributed by atoms with Crippen LogP contribution in [0.5, 0.6) is 0 Å². The summed E-state index contributed by atoms with van der Waals surface area (Å²) in [7, 11) is 0. The molecule has 0 spiro atoms. The molecule has 2 N–H and O–H groups in total. The number of nitrogens with two attached hydrogens (primary N) is 1. The van der Waals surface area contributed by atoms with Gasteiger partial charge in [0.15, 0.2) is 5.76 Å². The average molecular weight is 260 g/mol. The van der Waals surface area contributed by atoms with Crippen molar-refractivity contribution in [3.8, 4) is 0 Å². The minimum absolute atomic E-state index is 0.0814. The highest BCUT2D eigenvalue weighted by Gasteiger charge is 2.26. The Labute approximate surface area is 110 Å². The van der Waals surface area contributed by atoms with Gasteiger partial charge < -0.3 is 19.8 Å². The molecule has 1 aliphatic heterocycles. The smallest absolute Gasteiger partial charge is 0.289 e. The monoisotopic (exact) mass is 260 g/mol. The molecule has 1 saturated heterocycles. The second-order valence-corrected chi connectivity index (χ2v) is 4.63. The molecular weight excluding hydrogens is 244 g/mol. The average Bonchev–Trinajstić information content (AvgIpc) is 2.90. The molecule has 0 radical (unpaired) electrons. The van der Waals surface area contributed by atoms with Gasteiger partial charge in [-0.25, -0.2) is 0 Å². The van der Waals surface area contributed by atoms with E-state index in [1.165, 1.54) is 0 Å². The fraction of sp³-hybridized carbons (Fsp3) is 0.357. The summed E-state index contributed by atoms with van der Waals surface area (Å²) >= 11 is 0. The maximum Gasteiger partial charge on any atom is 0.289 e. The van der Waals surface area contributed by atoms with Crippen LogP contribution in [-0.2, 0) is 4.74 Å². The van der Waals surface area contributed by atoms with E-state index in [9.17, 15) is 4.79 Å². The van der Waals surface area contributed by atoms with Crippen LogP contribution in [0, 0.1) is 0 Å². The molecule has 0 aliphatic carbocycles. The SMILES string of the molecule is NC[C@@H]1CN(C(=O)c2cc3ccccc3o2)CCO1. The first-order valence-corrected chi connectivity index (χ1v) is 6.37. The highest BCUT2D eigenvalue weighted by molar-refractivity contribution is 5.96. The van der Waals surface area contributed by atoms with Gasteiger partial charge >= 0.3 is 0 Å². The quantitative estimate of drug-likeness (QED) is 0.881. The van der Waals surface area contributed by atoms with Gasteiger partial charge in [0, 0.05) is 25.0 Å². The minimum Gasteiger partial charge on any atom is -0.451 e. The third-order valence-corrected chi connectivity index (χ3v) is 3.33. The fourth-order valence-corrected chi connectivity index (χ4v) is 2.29. The number of amides is 1. The van der Waals surface area contributed by atoms with E-state index in [0.29, 0.717) is 32.0 Å². The van der Waals surface area contributed by atoms with Gasteiger partial charge in [-0.05, 0) is 12.1 Å². The molecule has 5 heteroatoms. The summed E-state index contributed by atoms with van der Waals surface area (Å²) < 4.78 is 11.0. The fourth-order valence-electron chi connectivity index (χ4n) is 2.29. The maximum atomic E-state index is 12.4. The van der Waals surface area contributed by atoms with E-state index in [0.717, 1.165) is 11.0 Å². The molecule has 100 valence electrons. The van der Waals surface area contributed by atoms with Crippen molar-refractivity contribution in [1.29, 1.82) is 0 Å². The summed E-state index contributed by atoms with van der Waals surface area (Å²) in [5.74, 6) is 0.275. The normalized spacial score (nSPS) is 19.8. The molecule has 2 aromatic rings. The molecule has 1 atom stereocenters. The Bertz CT molecular complexity index is 560. The van der Waals surface area contributed by atoms with E-state index in [1.54, 1.807) is 11.0 Å². The molecule has 1 aromatic carbocycles. The van der Waals surface area contributed by atoms with E-state index in [4.69, 9.17) is 14.9 Å². The second kappa shape index (κ2) is 5.03. The number of fused-ring (bicyclic) bond motifs is 1. The molecule has 0 unspecified atom stereocenters. The van der Waals surface area contributed by atoms with Crippen molar-refractivity contribution >= 4 is 16.9 Å². The summed E-state index contributed by atoms with van der Waals surface area (Å²) in [6.07, 6.45) is -0.0814. The zero-order valence-electron chi connectivity index (χ0n) is 10.5. The number of hydrogen-bond donors (Lipinski definition) is 1. The molecule has 1 aliphatic rings. The van der Waals surface area contributed by atoms with Gasteiger partial charge in [-0.3, -0.25) is 4.79 Å². The van der Waals surface area contributed by atoms with Crippen LogP contribution >= 0.6 is 0 Å². The van der Waals surface area contributed by atoms with Crippen molar-refractivity contribution in [3.05, 3.63) is 36.1 Å². The number of morpholine rings is 1. The lowest BCUT2D eigenvalue weighted by Gasteiger charge is -2.31. The van der Waals surface area contributed by atoms with Crippen LogP contribution in [0.3, 0.4) is 0 Å². The number of hydrogen-bond acceptors (Lipinski definition) is 4. The Morgan fingerprint density at radius 1 is 1.42 bits per heavy atom. The van der Waals surface area contributed by atoms with Gasteiger partial charge in [0.2, 0.25) is 0 Å². The molecule has 1 amide bonds. The number of carbonyl (C=O) groups excluding carboxylic acids is 1. The van der Waals surface area contributed by atoms with E-state index in [1.807, 2.05) is 24.3 Å². The number of rotatable bonds is 2. The van der Waals surface area contributed by atoms with Crippen LogP contribution in [-0.4, -0.2) is 43.2 Å². The van der Waals surface area contributed by atoms with Crippen LogP contribution in [0.1, 0.15) is 10.6 Å². The summed E-state index contributed by atoms with van der Waals surface area (Å²) in [6.45, 7) is 2.04. The van der Waals surface area contributed by atoms with Gasteiger partial charge in [0.05, 0.1) is 12.7 Å². The summed E-state index contributed by atoms with van der Waals surface area (Å²) in [5, 5.41) is 0.939. The third-order valence-electron chi connectivity index (χ3n) is 3.33. The Morgan fingerprint density at radius 2 is 2.26 bits per heavy atom. The molecule has 3 rings (SSSR count). The highest BCUT2D eigenvalue weighted by atomic mass is 16.5. The molecule has 0 saturated carbocycles. The Kier molecular flexibility index (Phi) is 3.23. The highest BCUT2D eigenvalue weighted by Crippen LogP contribution is 2.20. The minimum atomic E-state index is -0.0991. The van der Waals surface area contributed by atoms with Gasteiger partial charge in [0.1, 0.15) is 5.58 Å². The van der Waals surface area contributed by atoms with Gasteiger partial charge in [0.25, 0.3) is 5.91 Å². The van der Waals surface area contributed by atoms with Crippen molar-refractivity contribution in [2.24, 2.45) is 5.73 Å². The van der Waals surface area contributed by atoms with Crippen LogP contribution in [0.25, 0.3) is 11.0 Å². The first kappa shape index (κ1) is 12.2. The van der Waals surface area contributed by atoms with Crippen molar-refractivity contribution in [2.45, 2.75) is 6.10 Å². The lowest BCUT2D eigenvalue weighted by molar-refractivity contribution is -0.0176. The molecule has 0 bridgehead atoms. The molecular formula is C14H16N2O3. The van der Waals surface area contributed by atoms with Gasteiger partial charge in [-0.1, -0.05) is 18.2 Å². The topological polar surface area (TPSA) is 68.7 Å². The summed E-state index contributed by atoms with van der Waals surface area (Å²) in [5.41, 5.74) is 6.31. The van der Waals surface area contributed by atoms with Gasteiger partial charge in [-0.2, -0.15) is 0 Å². The van der Waals surface area contributed by atoms with E-state index in [-0.39, 0.29) is 12.0 Å². The number of carbonyl (C=O) groups is 1. The number of ether oxygens (including phenoxy) is 1.